The normalized spacial score (nSPS) is 10.7. The molecular weight excluding hydrogens is 152 g/mol. The van der Waals surface area contributed by atoms with Crippen LogP contribution in [0.15, 0.2) is 0 Å². The highest BCUT2D eigenvalue weighted by Crippen LogP contribution is 2.13. The SMILES string of the molecule is CC#CCCOCC(C)(C)CO. The van der Waals surface area contributed by atoms with Crippen LogP contribution in [-0.2, 0) is 4.74 Å². The van der Waals surface area contributed by atoms with Gasteiger partial charge in [-0.25, -0.2) is 0 Å². The van der Waals surface area contributed by atoms with Gasteiger partial charge < -0.3 is 9.84 Å². The predicted octanol–water partition coefficient (Wildman–Crippen LogP) is 1.43. The smallest absolute Gasteiger partial charge is 0.0575 e. The second-order valence-electron chi connectivity index (χ2n) is 3.55. The Morgan fingerprint density at radius 1 is 1.42 bits per heavy atom. The van der Waals surface area contributed by atoms with Gasteiger partial charge in [0.15, 0.2) is 0 Å². The van der Waals surface area contributed by atoms with Crippen molar-refractivity contribution in [3.63, 3.8) is 0 Å². The minimum absolute atomic E-state index is 0.125. The Labute approximate surface area is 74.9 Å². The van der Waals surface area contributed by atoms with E-state index in [1.165, 1.54) is 0 Å². The van der Waals surface area contributed by atoms with E-state index >= 15 is 0 Å². The Bertz CT molecular complexity index is 162. The zero-order chi connectivity index (χ0) is 9.45. The average Bonchev–Trinajstić information content (AvgIpc) is 2.04. The summed E-state index contributed by atoms with van der Waals surface area (Å²) >= 11 is 0. The Balaban J connectivity index is 3.35. The largest absolute Gasteiger partial charge is 0.396 e. The van der Waals surface area contributed by atoms with Crippen LogP contribution in [-0.4, -0.2) is 24.9 Å². The van der Waals surface area contributed by atoms with E-state index in [1.54, 1.807) is 0 Å². The van der Waals surface area contributed by atoms with Gasteiger partial charge in [-0.15, -0.1) is 11.8 Å². The Kier molecular flexibility index (Phi) is 5.79. The van der Waals surface area contributed by atoms with Gasteiger partial charge in [-0.05, 0) is 6.92 Å². The molecule has 0 radical (unpaired) electrons. The van der Waals surface area contributed by atoms with Gasteiger partial charge in [0.1, 0.15) is 0 Å². The van der Waals surface area contributed by atoms with Crippen molar-refractivity contribution in [1.82, 2.24) is 0 Å². The van der Waals surface area contributed by atoms with E-state index in [2.05, 4.69) is 11.8 Å². The lowest BCUT2D eigenvalue weighted by Crippen LogP contribution is -2.23. The first-order valence-electron chi connectivity index (χ1n) is 4.20. The Morgan fingerprint density at radius 3 is 2.58 bits per heavy atom. The van der Waals surface area contributed by atoms with Crippen LogP contribution in [0.25, 0.3) is 0 Å². The molecule has 0 aromatic heterocycles. The van der Waals surface area contributed by atoms with Crippen molar-refractivity contribution in [3.05, 3.63) is 0 Å². The first-order chi connectivity index (χ1) is 5.62. The second-order valence-corrected chi connectivity index (χ2v) is 3.55. The van der Waals surface area contributed by atoms with E-state index in [1.807, 2.05) is 20.8 Å². The molecule has 0 heterocycles. The molecule has 0 saturated carbocycles. The highest BCUT2D eigenvalue weighted by molar-refractivity contribution is 4.94. The first kappa shape index (κ1) is 11.5. The van der Waals surface area contributed by atoms with Gasteiger partial charge in [0.25, 0.3) is 0 Å². The molecule has 0 unspecified atom stereocenters. The summed E-state index contributed by atoms with van der Waals surface area (Å²) in [5, 5.41) is 8.89. The number of aliphatic hydroxyl groups is 1. The lowest BCUT2D eigenvalue weighted by Gasteiger charge is -2.20. The van der Waals surface area contributed by atoms with Crippen LogP contribution < -0.4 is 0 Å². The van der Waals surface area contributed by atoms with Crippen LogP contribution in [0, 0.1) is 17.3 Å². The highest BCUT2D eigenvalue weighted by Gasteiger charge is 2.15. The van der Waals surface area contributed by atoms with Gasteiger partial charge in [-0.3, -0.25) is 0 Å². The quantitative estimate of drug-likeness (QED) is 0.499. The Morgan fingerprint density at radius 2 is 2.08 bits per heavy atom. The molecule has 70 valence electrons. The average molecular weight is 170 g/mol. The molecule has 2 nitrogen and oxygen atoms in total. The molecule has 0 aromatic rings. The van der Waals surface area contributed by atoms with Crippen LogP contribution in [0.3, 0.4) is 0 Å². The third kappa shape index (κ3) is 6.21. The van der Waals surface area contributed by atoms with Crippen LogP contribution in [0.4, 0.5) is 0 Å². The molecule has 2 heteroatoms. The van der Waals surface area contributed by atoms with Gasteiger partial charge in [-0.2, -0.15) is 0 Å². The molecule has 0 aliphatic heterocycles. The van der Waals surface area contributed by atoms with Crippen LogP contribution in [0.5, 0.6) is 0 Å². The third-order valence-corrected chi connectivity index (χ3v) is 1.47. The monoisotopic (exact) mass is 170 g/mol. The van der Waals surface area contributed by atoms with Gasteiger partial charge >= 0.3 is 0 Å². The molecule has 0 fully saturated rings. The number of aliphatic hydroxyl groups excluding tert-OH is 1. The molecule has 0 amide bonds. The maximum absolute atomic E-state index is 8.89. The maximum Gasteiger partial charge on any atom is 0.0575 e. The maximum atomic E-state index is 8.89. The molecule has 1 N–H and O–H groups in total. The van der Waals surface area contributed by atoms with Gasteiger partial charge in [0.2, 0.25) is 0 Å². The minimum Gasteiger partial charge on any atom is -0.396 e. The van der Waals surface area contributed by atoms with E-state index < -0.39 is 0 Å². The molecule has 0 aliphatic carbocycles. The van der Waals surface area contributed by atoms with E-state index in [0.717, 1.165) is 6.42 Å². The van der Waals surface area contributed by atoms with E-state index in [-0.39, 0.29) is 12.0 Å². The molecule has 0 aromatic carbocycles. The van der Waals surface area contributed by atoms with Gasteiger partial charge in [0.05, 0.1) is 19.8 Å². The summed E-state index contributed by atoms with van der Waals surface area (Å²) in [5.41, 5.74) is -0.125. The van der Waals surface area contributed by atoms with Crippen LogP contribution in [0.2, 0.25) is 0 Å². The van der Waals surface area contributed by atoms with E-state index in [4.69, 9.17) is 9.84 Å². The number of hydrogen-bond acceptors (Lipinski definition) is 2. The van der Waals surface area contributed by atoms with Gasteiger partial charge in [0, 0.05) is 11.8 Å². The van der Waals surface area contributed by atoms with Gasteiger partial charge in [-0.1, -0.05) is 13.8 Å². The van der Waals surface area contributed by atoms with Crippen molar-refractivity contribution in [2.24, 2.45) is 5.41 Å². The molecule has 0 spiro atoms. The molecule has 0 aliphatic rings. The summed E-state index contributed by atoms with van der Waals surface area (Å²) < 4.78 is 5.33. The van der Waals surface area contributed by atoms with E-state index in [9.17, 15) is 0 Å². The molecule has 0 saturated heterocycles. The van der Waals surface area contributed by atoms with Crippen LogP contribution >= 0.6 is 0 Å². The summed E-state index contributed by atoms with van der Waals surface area (Å²) in [4.78, 5) is 0. The summed E-state index contributed by atoms with van der Waals surface area (Å²) in [6, 6.07) is 0. The molecule has 0 atom stereocenters. The van der Waals surface area contributed by atoms with Crippen molar-refractivity contribution in [3.8, 4) is 11.8 Å². The zero-order valence-electron chi connectivity index (χ0n) is 8.18. The number of hydrogen-bond donors (Lipinski definition) is 1. The molecular formula is C10H18O2. The fraction of sp³-hybridized carbons (Fsp3) is 0.800. The lowest BCUT2D eigenvalue weighted by molar-refractivity contribution is 0.0305. The topological polar surface area (TPSA) is 29.5 Å². The first-order valence-corrected chi connectivity index (χ1v) is 4.20. The Hall–Kier alpha value is -0.520. The summed E-state index contributed by atoms with van der Waals surface area (Å²) in [5.74, 6) is 5.71. The summed E-state index contributed by atoms with van der Waals surface area (Å²) in [6.07, 6.45) is 0.776. The standard InChI is InChI=1S/C10H18O2/c1-4-5-6-7-12-9-10(2,3)8-11/h11H,6-9H2,1-3H3. The van der Waals surface area contributed by atoms with Crippen molar-refractivity contribution in [2.75, 3.05) is 19.8 Å². The zero-order valence-corrected chi connectivity index (χ0v) is 8.18. The minimum atomic E-state index is -0.125. The lowest BCUT2D eigenvalue weighted by atomic mass is 9.97. The number of rotatable bonds is 5. The third-order valence-electron chi connectivity index (χ3n) is 1.47. The fourth-order valence-electron chi connectivity index (χ4n) is 0.642. The predicted molar refractivity (Wildman–Crippen MR) is 49.8 cm³/mol. The fourth-order valence-corrected chi connectivity index (χ4v) is 0.642. The molecule has 0 bridgehead atoms. The molecule has 12 heavy (non-hydrogen) atoms. The number of ether oxygens (including phenoxy) is 1. The molecule has 0 rings (SSSR count). The summed E-state index contributed by atoms with van der Waals surface area (Å²) in [6.45, 7) is 7.17. The summed E-state index contributed by atoms with van der Waals surface area (Å²) in [7, 11) is 0. The van der Waals surface area contributed by atoms with Crippen LogP contribution in [0.1, 0.15) is 27.2 Å². The van der Waals surface area contributed by atoms with Crippen molar-refractivity contribution < 1.29 is 9.84 Å². The highest BCUT2D eigenvalue weighted by atomic mass is 16.5. The van der Waals surface area contributed by atoms with E-state index in [0.29, 0.717) is 13.2 Å². The van der Waals surface area contributed by atoms with Crippen molar-refractivity contribution in [2.45, 2.75) is 27.2 Å². The van der Waals surface area contributed by atoms with Crippen molar-refractivity contribution >= 4 is 0 Å². The van der Waals surface area contributed by atoms with Crippen molar-refractivity contribution in [1.29, 1.82) is 0 Å². The second kappa shape index (κ2) is 6.05.